The molecule has 6 heteroatoms. The molecule has 1 saturated heterocycles. The van der Waals surface area contributed by atoms with Gasteiger partial charge in [0.2, 0.25) is 0 Å². The van der Waals surface area contributed by atoms with Gasteiger partial charge in [-0.05, 0) is 58.4 Å². The summed E-state index contributed by atoms with van der Waals surface area (Å²) >= 11 is 0. The van der Waals surface area contributed by atoms with E-state index in [0.717, 1.165) is 11.8 Å². The monoisotopic (exact) mass is 302 g/mol. The van der Waals surface area contributed by atoms with Crippen molar-refractivity contribution in [2.45, 2.75) is 38.9 Å². The standard InChI is InChI=1S/C16H23BN2O3/c1-15(2)16(3,4)22-17(21-15)13(10-18-5)9-14-8-12(11-20)6-7-19-14/h6-9,11,18H,10H2,1-5H3. The van der Waals surface area contributed by atoms with Gasteiger partial charge in [-0.25, -0.2) is 0 Å². The third-order valence-corrected chi connectivity index (χ3v) is 4.21. The van der Waals surface area contributed by atoms with Crippen molar-refractivity contribution in [1.82, 2.24) is 10.3 Å². The molecule has 22 heavy (non-hydrogen) atoms. The summed E-state index contributed by atoms with van der Waals surface area (Å²) in [6, 6.07) is 3.42. The summed E-state index contributed by atoms with van der Waals surface area (Å²) in [4.78, 5) is 15.2. The van der Waals surface area contributed by atoms with E-state index in [1.165, 1.54) is 0 Å². The second-order valence-corrected chi connectivity index (χ2v) is 6.47. The van der Waals surface area contributed by atoms with Crippen molar-refractivity contribution in [3.05, 3.63) is 35.1 Å². The Kier molecular flexibility index (Phi) is 4.85. The van der Waals surface area contributed by atoms with E-state index in [4.69, 9.17) is 9.31 Å². The lowest BCUT2D eigenvalue weighted by Gasteiger charge is -2.32. The van der Waals surface area contributed by atoms with Gasteiger partial charge in [-0.2, -0.15) is 0 Å². The Morgan fingerprint density at radius 1 is 1.32 bits per heavy atom. The first-order valence-corrected chi connectivity index (χ1v) is 7.41. The third-order valence-electron chi connectivity index (χ3n) is 4.21. The number of rotatable bonds is 5. The molecule has 1 aromatic rings. The van der Waals surface area contributed by atoms with Crippen molar-refractivity contribution < 1.29 is 14.1 Å². The highest BCUT2D eigenvalue weighted by atomic mass is 16.7. The molecule has 1 aliphatic rings. The van der Waals surface area contributed by atoms with Crippen LogP contribution in [0.15, 0.2) is 23.8 Å². The van der Waals surface area contributed by atoms with Gasteiger partial charge >= 0.3 is 7.12 Å². The fraction of sp³-hybridized carbons (Fsp3) is 0.500. The van der Waals surface area contributed by atoms with E-state index in [1.807, 2.05) is 40.8 Å². The van der Waals surface area contributed by atoms with E-state index < -0.39 is 7.12 Å². The maximum atomic E-state index is 10.9. The number of pyridine rings is 1. The first-order valence-electron chi connectivity index (χ1n) is 7.41. The number of nitrogens with zero attached hydrogens (tertiary/aromatic N) is 1. The number of aldehydes is 1. The van der Waals surface area contributed by atoms with Gasteiger partial charge in [-0.15, -0.1) is 0 Å². The van der Waals surface area contributed by atoms with Crippen molar-refractivity contribution in [2.24, 2.45) is 0 Å². The molecule has 2 heterocycles. The Labute approximate surface area is 132 Å². The highest BCUT2D eigenvalue weighted by Crippen LogP contribution is 2.38. The highest BCUT2D eigenvalue weighted by Gasteiger charge is 2.52. The Balaban J connectivity index is 2.30. The summed E-state index contributed by atoms with van der Waals surface area (Å²) in [6.07, 6.45) is 4.34. The van der Waals surface area contributed by atoms with Crippen LogP contribution in [-0.2, 0) is 9.31 Å². The third kappa shape index (κ3) is 3.46. The maximum absolute atomic E-state index is 10.9. The quantitative estimate of drug-likeness (QED) is 0.667. The van der Waals surface area contributed by atoms with Gasteiger partial charge in [0.1, 0.15) is 6.29 Å². The van der Waals surface area contributed by atoms with Crippen LogP contribution >= 0.6 is 0 Å². The van der Waals surface area contributed by atoms with Crippen LogP contribution in [0.4, 0.5) is 0 Å². The highest BCUT2D eigenvalue weighted by molar-refractivity contribution is 6.55. The summed E-state index contributed by atoms with van der Waals surface area (Å²) < 4.78 is 12.2. The molecule has 0 aromatic carbocycles. The van der Waals surface area contributed by atoms with Crippen LogP contribution in [0, 0.1) is 0 Å². The van der Waals surface area contributed by atoms with E-state index in [0.29, 0.717) is 17.8 Å². The number of nitrogens with one attached hydrogen (secondary N) is 1. The Morgan fingerprint density at radius 3 is 2.50 bits per heavy atom. The second kappa shape index (κ2) is 6.32. The topological polar surface area (TPSA) is 60.5 Å². The fourth-order valence-corrected chi connectivity index (χ4v) is 2.21. The minimum absolute atomic E-state index is 0.386. The molecule has 118 valence electrons. The fourth-order valence-electron chi connectivity index (χ4n) is 2.21. The van der Waals surface area contributed by atoms with E-state index >= 15 is 0 Å². The molecule has 2 rings (SSSR count). The van der Waals surface area contributed by atoms with Gasteiger partial charge in [0.05, 0.1) is 16.9 Å². The molecule has 1 fully saturated rings. The van der Waals surface area contributed by atoms with Crippen LogP contribution in [-0.4, -0.2) is 43.2 Å². The van der Waals surface area contributed by atoms with Gasteiger partial charge in [0.15, 0.2) is 0 Å². The van der Waals surface area contributed by atoms with E-state index in [9.17, 15) is 4.79 Å². The SMILES string of the molecule is CNCC(=Cc1cc(C=O)ccn1)B1OC(C)(C)C(C)(C)O1. The second-order valence-electron chi connectivity index (χ2n) is 6.47. The number of aromatic nitrogens is 1. The van der Waals surface area contributed by atoms with Gasteiger partial charge in [0, 0.05) is 18.3 Å². The molecular formula is C16H23BN2O3. The summed E-state index contributed by atoms with van der Waals surface area (Å²) in [6.45, 7) is 8.71. The molecule has 0 atom stereocenters. The van der Waals surface area contributed by atoms with Gasteiger partial charge in [0.25, 0.3) is 0 Å². The number of likely N-dealkylation sites (N-methyl/N-ethyl adjacent to an activating group) is 1. The average Bonchev–Trinajstić information content (AvgIpc) is 2.67. The largest absolute Gasteiger partial charge is 0.491 e. The average molecular weight is 302 g/mol. The molecule has 0 saturated carbocycles. The first-order chi connectivity index (χ1) is 10.3. The van der Waals surface area contributed by atoms with Crippen LogP contribution in [0.25, 0.3) is 6.08 Å². The van der Waals surface area contributed by atoms with Crippen LogP contribution in [0.3, 0.4) is 0 Å². The zero-order valence-electron chi connectivity index (χ0n) is 13.8. The van der Waals surface area contributed by atoms with Crippen LogP contribution < -0.4 is 5.32 Å². The molecule has 0 spiro atoms. The van der Waals surface area contributed by atoms with Crippen LogP contribution in [0.1, 0.15) is 43.7 Å². The van der Waals surface area contributed by atoms with Gasteiger partial charge in [-0.1, -0.05) is 0 Å². The minimum Gasteiger partial charge on any atom is -0.400 e. The lowest BCUT2D eigenvalue weighted by Crippen LogP contribution is -2.41. The zero-order chi connectivity index (χ0) is 16.4. The summed E-state index contributed by atoms with van der Waals surface area (Å²) in [5, 5.41) is 3.12. The van der Waals surface area contributed by atoms with E-state index in [-0.39, 0.29) is 11.2 Å². The molecule has 1 aliphatic heterocycles. The maximum Gasteiger partial charge on any atom is 0.491 e. The number of carbonyl (C=O) groups excluding carboxylic acids is 1. The predicted molar refractivity (Wildman–Crippen MR) is 87.6 cm³/mol. The Hall–Kier alpha value is -1.50. The molecule has 0 amide bonds. The molecule has 1 N–H and O–H groups in total. The molecule has 0 aliphatic carbocycles. The minimum atomic E-state index is -0.431. The molecule has 0 radical (unpaired) electrons. The van der Waals surface area contributed by atoms with Crippen molar-refractivity contribution in [1.29, 1.82) is 0 Å². The van der Waals surface area contributed by atoms with Gasteiger partial charge in [-0.3, -0.25) is 9.78 Å². The van der Waals surface area contributed by atoms with Crippen molar-refractivity contribution >= 4 is 19.5 Å². The lowest BCUT2D eigenvalue weighted by atomic mass is 9.77. The molecule has 0 bridgehead atoms. The molecule has 5 nitrogen and oxygen atoms in total. The number of hydrogen-bond acceptors (Lipinski definition) is 5. The number of carbonyl (C=O) groups is 1. The molecule has 1 aromatic heterocycles. The van der Waals surface area contributed by atoms with E-state index in [2.05, 4.69) is 10.3 Å². The number of hydrogen-bond donors (Lipinski definition) is 1. The normalized spacial score (nSPS) is 20.2. The van der Waals surface area contributed by atoms with Gasteiger partial charge < -0.3 is 14.6 Å². The smallest absolute Gasteiger partial charge is 0.400 e. The van der Waals surface area contributed by atoms with Crippen molar-refractivity contribution in [2.75, 3.05) is 13.6 Å². The Bertz CT molecular complexity index is 569. The van der Waals surface area contributed by atoms with Crippen LogP contribution in [0.2, 0.25) is 0 Å². The lowest BCUT2D eigenvalue weighted by molar-refractivity contribution is 0.00578. The Morgan fingerprint density at radius 2 is 1.95 bits per heavy atom. The van der Waals surface area contributed by atoms with Crippen molar-refractivity contribution in [3.8, 4) is 0 Å². The summed E-state index contributed by atoms with van der Waals surface area (Å²) in [5.74, 6) is 0. The summed E-state index contributed by atoms with van der Waals surface area (Å²) in [7, 11) is 1.44. The molecular weight excluding hydrogens is 279 g/mol. The van der Waals surface area contributed by atoms with Crippen LogP contribution in [0.5, 0.6) is 0 Å². The van der Waals surface area contributed by atoms with E-state index in [1.54, 1.807) is 18.3 Å². The predicted octanol–water partition coefficient (Wildman–Crippen LogP) is 2.13. The summed E-state index contributed by atoms with van der Waals surface area (Å²) in [5.41, 5.74) is 1.48. The first kappa shape index (κ1) is 16.9. The molecule has 0 unspecified atom stereocenters. The zero-order valence-corrected chi connectivity index (χ0v) is 13.8. The van der Waals surface area contributed by atoms with Crippen molar-refractivity contribution in [3.63, 3.8) is 0 Å².